The summed E-state index contributed by atoms with van der Waals surface area (Å²) < 4.78 is 10.5. The molecule has 2 saturated heterocycles. The van der Waals surface area contributed by atoms with E-state index in [0.717, 1.165) is 16.7 Å². The number of cyclic esters (lactones) is 2. The number of imide groups is 2. The molecule has 2 aliphatic rings. The third kappa shape index (κ3) is 6.77. The van der Waals surface area contributed by atoms with Crippen LogP contribution in [0.2, 0.25) is 0 Å². The van der Waals surface area contributed by atoms with Gasteiger partial charge in [-0.3, -0.25) is 9.59 Å². The van der Waals surface area contributed by atoms with E-state index >= 15 is 0 Å². The Morgan fingerprint density at radius 2 is 1.19 bits per heavy atom. The van der Waals surface area contributed by atoms with E-state index in [1.54, 1.807) is 13.0 Å². The lowest BCUT2D eigenvalue weighted by Crippen LogP contribution is -2.43. The van der Waals surface area contributed by atoms with Crippen LogP contribution in [0.25, 0.3) is 0 Å². The average Bonchev–Trinajstić information content (AvgIpc) is 3.56. The van der Waals surface area contributed by atoms with Crippen molar-refractivity contribution < 1.29 is 28.7 Å². The van der Waals surface area contributed by atoms with E-state index in [2.05, 4.69) is 0 Å². The summed E-state index contributed by atoms with van der Waals surface area (Å²) in [5, 5.41) is 0. The van der Waals surface area contributed by atoms with Gasteiger partial charge in [0.25, 0.3) is 5.91 Å². The molecule has 0 aliphatic carbocycles. The van der Waals surface area contributed by atoms with Crippen molar-refractivity contribution in [3.05, 3.63) is 119 Å². The number of carbonyl (C=O) groups excluding carboxylic acids is 4. The van der Waals surface area contributed by atoms with Gasteiger partial charge in [0.05, 0.1) is 12.1 Å². The summed E-state index contributed by atoms with van der Waals surface area (Å²) >= 11 is 0. The van der Waals surface area contributed by atoms with Crippen LogP contribution in [0.4, 0.5) is 9.59 Å². The van der Waals surface area contributed by atoms with Crippen LogP contribution < -0.4 is 0 Å². The zero-order valence-electron chi connectivity index (χ0n) is 23.6. The quantitative estimate of drug-likeness (QED) is 0.307. The molecule has 2 fully saturated rings. The van der Waals surface area contributed by atoms with E-state index in [4.69, 9.17) is 9.47 Å². The molecule has 4 amide bonds. The number of rotatable bonds is 10. The van der Waals surface area contributed by atoms with Crippen LogP contribution in [0.5, 0.6) is 0 Å². The van der Waals surface area contributed by atoms with E-state index in [0.29, 0.717) is 18.4 Å². The van der Waals surface area contributed by atoms with Crippen molar-refractivity contribution in [2.75, 3.05) is 13.2 Å². The van der Waals surface area contributed by atoms with Gasteiger partial charge in [-0.05, 0) is 36.0 Å². The van der Waals surface area contributed by atoms with Crippen molar-refractivity contribution in [3.8, 4) is 0 Å². The summed E-state index contributed by atoms with van der Waals surface area (Å²) in [5.74, 6) is -1.40. The van der Waals surface area contributed by atoms with Gasteiger partial charge in [0.15, 0.2) is 0 Å². The monoisotopic (exact) mass is 566 g/mol. The van der Waals surface area contributed by atoms with E-state index in [9.17, 15) is 19.2 Å². The molecular formula is C34H34N2O6. The maximum Gasteiger partial charge on any atom is 0.417 e. The number of nitrogens with zero attached hydrogens (tertiary/aromatic N) is 2. The lowest BCUT2D eigenvalue weighted by atomic mass is 9.97. The molecule has 8 nitrogen and oxygen atoms in total. The predicted molar refractivity (Wildman–Crippen MR) is 156 cm³/mol. The molecule has 3 aromatic carbocycles. The first-order valence-electron chi connectivity index (χ1n) is 14.2. The van der Waals surface area contributed by atoms with Gasteiger partial charge in [0.2, 0.25) is 5.91 Å². The molecule has 0 unspecified atom stereocenters. The molecule has 42 heavy (non-hydrogen) atoms. The highest BCUT2D eigenvalue weighted by Gasteiger charge is 2.41. The fourth-order valence-corrected chi connectivity index (χ4v) is 5.38. The van der Waals surface area contributed by atoms with Gasteiger partial charge in [0, 0.05) is 17.9 Å². The minimum atomic E-state index is -0.674. The van der Waals surface area contributed by atoms with Gasteiger partial charge in [-0.1, -0.05) is 104 Å². The topological polar surface area (TPSA) is 93.2 Å². The molecule has 2 aliphatic heterocycles. The number of allylic oxidation sites excluding steroid dienone is 1. The Balaban J connectivity index is 1.34. The molecule has 0 N–H and O–H groups in total. The van der Waals surface area contributed by atoms with Crippen molar-refractivity contribution in [1.29, 1.82) is 0 Å². The van der Waals surface area contributed by atoms with Gasteiger partial charge >= 0.3 is 12.2 Å². The third-order valence-corrected chi connectivity index (χ3v) is 7.66. The molecule has 0 saturated carbocycles. The molecule has 2 heterocycles. The lowest BCUT2D eigenvalue weighted by Gasteiger charge is -2.23. The summed E-state index contributed by atoms with van der Waals surface area (Å²) in [6.45, 7) is 1.99. The highest BCUT2D eigenvalue weighted by atomic mass is 16.6. The first-order valence-corrected chi connectivity index (χ1v) is 14.2. The Bertz CT molecular complexity index is 1440. The molecule has 3 aromatic rings. The van der Waals surface area contributed by atoms with E-state index in [1.807, 2.05) is 91.0 Å². The van der Waals surface area contributed by atoms with Crippen molar-refractivity contribution in [2.45, 2.75) is 44.7 Å². The number of carbonyl (C=O) groups is 4. The fraction of sp³-hybridized carbons (Fsp3) is 0.294. The van der Waals surface area contributed by atoms with Crippen LogP contribution in [0.1, 0.15) is 30.0 Å². The van der Waals surface area contributed by atoms with Crippen molar-refractivity contribution in [2.24, 2.45) is 5.92 Å². The maximum absolute atomic E-state index is 13.9. The molecule has 5 rings (SSSR count). The Morgan fingerprint density at radius 3 is 1.71 bits per heavy atom. The SMILES string of the molecule is C[C@@H](CC=C(Cc1ccccc1)C(=O)N1C(=O)OC[C@@H]1Cc1ccccc1)C(=O)N1C(=O)OC[C@@H]1Cc1ccccc1. The summed E-state index contributed by atoms with van der Waals surface area (Å²) in [4.78, 5) is 55.1. The molecule has 0 bridgehead atoms. The second kappa shape index (κ2) is 13.3. The Labute approximate surface area is 245 Å². The number of benzene rings is 3. The fourth-order valence-electron chi connectivity index (χ4n) is 5.38. The molecule has 216 valence electrons. The van der Waals surface area contributed by atoms with Crippen LogP contribution in [-0.2, 0) is 38.3 Å². The summed E-state index contributed by atoms with van der Waals surface area (Å²) in [6.07, 6.45) is 1.86. The Hall–Kier alpha value is -4.72. The minimum absolute atomic E-state index is 0.118. The summed E-state index contributed by atoms with van der Waals surface area (Å²) in [5.41, 5.74) is 3.29. The van der Waals surface area contributed by atoms with E-state index < -0.39 is 36.1 Å². The normalized spacial score (nSPS) is 19.4. The van der Waals surface area contributed by atoms with Crippen molar-refractivity contribution in [3.63, 3.8) is 0 Å². The molecule has 0 spiro atoms. The van der Waals surface area contributed by atoms with Gasteiger partial charge < -0.3 is 9.47 Å². The molecule has 0 radical (unpaired) electrons. The van der Waals surface area contributed by atoms with E-state index in [1.165, 1.54) is 9.80 Å². The smallest absolute Gasteiger partial charge is 0.417 e. The van der Waals surface area contributed by atoms with Crippen LogP contribution in [0, 0.1) is 5.92 Å². The molecular weight excluding hydrogens is 532 g/mol. The first-order chi connectivity index (χ1) is 20.4. The average molecular weight is 567 g/mol. The van der Waals surface area contributed by atoms with Crippen LogP contribution in [0.15, 0.2) is 103 Å². The summed E-state index contributed by atoms with van der Waals surface area (Å²) in [7, 11) is 0. The Morgan fingerprint density at radius 1 is 0.738 bits per heavy atom. The van der Waals surface area contributed by atoms with Crippen LogP contribution >= 0.6 is 0 Å². The number of hydrogen-bond acceptors (Lipinski definition) is 6. The third-order valence-electron chi connectivity index (χ3n) is 7.66. The standard InChI is InChI=1S/C34H34N2O6/c1-24(31(37)35-29(22-41-33(35)39)20-26-13-7-3-8-14-26)17-18-28(19-25-11-5-2-6-12-25)32(38)36-30(23-42-34(36)40)21-27-15-9-4-10-16-27/h2-16,18,24,29-30H,17,19-23H2,1H3/t24-,29-,30-/m0/s1. The largest absolute Gasteiger partial charge is 0.447 e. The van der Waals surface area contributed by atoms with Crippen molar-refractivity contribution in [1.82, 2.24) is 9.80 Å². The molecule has 3 atom stereocenters. The number of amides is 4. The van der Waals surface area contributed by atoms with Gasteiger partial charge in [0.1, 0.15) is 13.2 Å². The first kappa shape index (κ1) is 28.8. The lowest BCUT2D eigenvalue weighted by molar-refractivity contribution is -0.133. The highest BCUT2D eigenvalue weighted by molar-refractivity contribution is 6.04. The molecule has 8 heteroatoms. The Kier molecular flexibility index (Phi) is 9.12. The van der Waals surface area contributed by atoms with Gasteiger partial charge in [-0.25, -0.2) is 19.4 Å². The van der Waals surface area contributed by atoms with Crippen LogP contribution in [0.3, 0.4) is 0 Å². The zero-order valence-corrected chi connectivity index (χ0v) is 23.6. The minimum Gasteiger partial charge on any atom is -0.447 e. The van der Waals surface area contributed by atoms with Crippen molar-refractivity contribution >= 4 is 24.0 Å². The second-order valence-corrected chi connectivity index (χ2v) is 10.8. The molecule has 0 aromatic heterocycles. The van der Waals surface area contributed by atoms with Gasteiger partial charge in [-0.2, -0.15) is 0 Å². The number of hydrogen-bond donors (Lipinski definition) is 0. The predicted octanol–water partition coefficient (Wildman–Crippen LogP) is 5.36. The van der Waals surface area contributed by atoms with Crippen LogP contribution in [-0.4, -0.2) is 59.1 Å². The number of ether oxygens (including phenoxy) is 2. The highest BCUT2D eigenvalue weighted by Crippen LogP contribution is 2.25. The van der Waals surface area contributed by atoms with Gasteiger partial charge in [-0.15, -0.1) is 0 Å². The zero-order chi connectivity index (χ0) is 29.5. The second-order valence-electron chi connectivity index (χ2n) is 10.8. The van der Waals surface area contributed by atoms with E-state index in [-0.39, 0.29) is 32.0 Å². The maximum atomic E-state index is 13.9. The summed E-state index contributed by atoms with van der Waals surface area (Å²) in [6, 6.07) is 27.9.